The number of amides is 1. The number of hydrogen-bond donors (Lipinski definition) is 1. The molecule has 0 unspecified atom stereocenters. The number of anilines is 2. The third-order valence-electron chi connectivity index (χ3n) is 4.89. The van der Waals surface area contributed by atoms with Gasteiger partial charge in [-0.3, -0.25) is 4.79 Å². The summed E-state index contributed by atoms with van der Waals surface area (Å²) in [4.78, 5) is 21.6. The van der Waals surface area contributed by atoms with E-state index in [9.17, 15) is 9.18 Å². The molecular weight excluding hydrogens is 399 g/mol. The summed E-state index contributed by atoms with van der Waals surface area (Å²) in [5.74, 6) is 0.562. The zero-order valence-electron chi connectivity index (χ0n) is 15.9. The Labute approximate surface area is 177 Å². The number of carbonyl (C=O) groups excluding carboxylic acids is 1. The number of carbonyl (C=O) groups is 1. The molecule has 1 aliphatic rings. The first kappa shape index (κ1) is 18.6. The topological polar surface area (TPSA) is 58.1 Å². The van der Waals surface area contributed by atoms with E-state index < -0.39 is 11.7 Å². The van der Waals surface area contributed by atoms with Gasteiger partial charge in [-0.25, -0.2) is 14.4 Å². The molecule has 5 nitrogen and oxygen atoms in total. The molecule has 0 bridgehead atoms. The van der Waals surface area contributed by atoms with Gasteiger partial charge in [0.25, 0.3) is 5.91 Å². The molecule has 148 valence electrons. The summed E-state index contributed by atoms with van der Waals surface area (Å²) < 4.78 is 16.5. The predicted molar refractivity (Wildman–Crippen MR) is 119 cm³/mol. The Balaban J connectivity index is 1.38. The molecule has 0 spiro atoms. The molecule has 3 aromatic carbocycles. The number of nitrogens with one attached hydrogen (secondary N) is 1. The number of aromatic nitrogens is 2. The maximum atomic E-state index is 14.5. The van der Waals surface area contributed by atoms with E-state index in [0.29, 0.717) is 11.5 Å². The van der Waals surface area contributed by atoms with Gasteiger partial charge in [0.05, 0.1) is 11.1 Å². The second-order valence-electron chi connectivity index (χ2n) is 6.89. The molecule has 1 aliphatic heterocycles. The Bertz CT molecular complexity index is 1260. The largest absolute Gasteiger partial charge is 0.322 e. The first-order valence-corrected chi connectivity index (χ1v) is 10.5. The number of fused-ring (bicyclic) bond motifs is 1. The first-order valence-electron chi connectivity index (χ1n) is 9.51. The molecule has 1 saturated heterocycles. The van der Waals surface area contributed by atoms with Crippen molar-refractivity contribution < 1.29 is 9.18 Å². The zero-order chi connectivity index (χ0) is 20.5. The smallest absolute Gasteiger partial charge is 0.258 e. The van der Waals surface area contributed by atoms with E-state index >= 15 is 0 Å². The molecular formula is C23H17FN4OS. The Kier molecular flexibility index (Phi) is 4.80. The SMILES string of the molecule is O=C(Nc1cccc(-c2ncc3ccccc3n2)c1)c1ccc(N2CCS2)cc1F. The van der Waals surface area contributed by atoms with Crippen LogP contribution in [0.3, 0.4) is 0 Å². The molecule has 2 heterocycles. The minimum Gasteiger partial charge on any atom is -0.322 e. The van der Waals surface area contributed by atoms with Crippen LogP contribution in [0.15, 0.2) is 72.9 Å². The third-order valence-corrected chi connectivity index (χ3v) is 5.96. The lowest BCUT2D eigenvalue weighted by Crippen LogP contribution is -2.29. The third kappa shape index (κ3) is 3.59. The fraction of sp³-hybridized carbons (Fsp3) is 0.0870. The number of halogens is 1. The van der Waals surface area contributed by atoms with Gasteiger partial charge >= 0.3 is 0 Å². The van der Waals surface area contributed by atoms with Crippen LogP contribution in [-0.4, -0.2) is 28.2 Å². The van der Waals surface area contributed by atoms with Crippen molar-refractivity contribution in [3.8, 4) is 11.4 Å². The van der Waals surface area contributed by atoms with Gasteiger partial charge in [0.15, 0.2) is 5.82 Å². The second-order valence-corrected chi connectivity index (χ2v) is 7.99. The van der Waals surface area contributed by atoms with Crippen LogP contribution in [-0.2, 0) is 0 Å². The van der Waals surface area contributed by atoms with E-state index in [4.69, 9.17) is 0 Å². The maximum Gasteiger partial charge on any atom is 0.258 e. The van der Waals surface area contributed by atoms with E-state index in [0.717, 1.165) is 34.5 Å². The highest BCUT2D eigenvalue weighted by Crippen LogP contribution is 2.30. The van der Waals surface area contributed by atoms with E-state index in [1.54, 1.807) is 36.3 Å². The summed E-state index contributed by atoms with van der Waals surface area (Å²) in [6.07, 6.45) is 1.77. The van der Waals surface area contributed by atoms with E-state index in [2.05, 4.69) is 15.3 Å². The summed E-state index contributed by atoms with van der Waals surface area (Å²) in [7, 11) is 0. The summed E-state index contributed by atoms with van der Waals surface area (Å²) >= 11 is 1.64. The van der Waals surface area contributed by atoms with Crippen LogP contribution in [0.4, 0.5) is 15.8 Å². The molecule has 7 heteroatoms. The predicted octanol–water partition coefficient (Wildman–Crippen LogP) is 5.16. The van der Waals surface area contributed by atoms with Gasteiger partial charge in [-0.2, -0.15) is 0 Å². The minimum absolute atomic E-state index is 0.0108. The van der Waals surface area contributed by atoms with E-state index in [1.807, 2.05) is 40.7 Å². The lowest BCUT2D eigenvalue weighted by Gasteiger charge is -2.31. The number of benzene rings is 3. The molecule has 4 aromatic rings. The van der Waals surface area contributed by atoms with Gasteiger partial charge in [0.1, 0.15) is 5.82 Å². The molecule has 0 aliphatic carbocycles. The molecule has 0 radical (unpaired) electrons. The van der Waals surface area contributed by atoms with Gasteiger partial charge in [-0.1, -0.05) is 30.3 Å². The molecule has 1 aromatic heterocycles. The molecule has 0 saturated carbocycles. The quantitative estimate of drug-likeness (QED) is 0.466. The maximum absolute atomic E-state index is 14.5. The first-order chi connectivity index (χ1) is 14.7. The normalized spacial score (nSPS) is 13.2. The molecule has 0 atom stereocenters. The number of nitrogens with zero attached hydrogens (tertiary/aromatic N) is 3. The van der Waals surface area contributed by atoms with Gasteiger partial charge in [-0.15, -0.1) is 0 Å². The van der Waals surface area contributed by atoms with Gasteiger partial charge < -0.3 is 9.62 Å². The van der Waals surface area contributed by atoms with E-state index in [-0.39, 0.29) is 5.56 Å². The van der Waals surface area contributed by atoms with Crippen LogP contribution < -0.4 is 9.62 Å². The van der Waals surface area contributed by atoms with Gasteiger partial charge in [0.2, 0.25) is 0 Å². The fourth-order valence-corrected chi connectivity index (χ4v) is 3.90. The lowest BCUT2D eigenvalue weighted by atomic mass is 10.1. The van der Waals surface area contributed by atoms with Crippen molar-refractivity contribution in [1.82, 2.24) is 9.97 Å². The van der Waals surface area contributed by atoms with Gasteiger partial charge in [0, 0.05) is 40.8 Å². The second kappa shape index (κ2) is 7.76. The summed E-state index contributed by atoms with van der Waals surface area (Å²) in [6, 6.07) is 19.7. The van der Waals surface area contributed by atoms with Crippen molar-refractivity contribution in [3.63, 3.8) is 0 Å². The fourth-order valence-electron chi connectivity index (χ4n) is 3.28. The van der Waals surface area contributed by atoms with Crippen molar-refractivity contribution in [2.24, 2.45) is 0 Å². The lowest BCUT2D eigenvalue weighted by molar-refractivity contribution is 0.102. The van der Waals surface area contributed by atoms with Crippen molar-refractivity contribution in [3.05, 3.63) is 84.3 Å². The van der Waals surface area contributed by atoms with Crippen LogP contribution in [0.2, 0.25) is 0 Å². The summed E-state index contributed by atoms with van der Waals surface area (Å²) in [5.41, 5.74) is 2.95. The highest BCUT2D eigenvalue weighted by atomic mass is 32.2. The standard InChI is InChI=1S/C23H17FN4OS/c24-20-13-18(28-10-11-30-28)8-9-19(20)23(29)26-17-6-3-5-15(12-17)22-25-14-16-4-1-2-7-21(16)27-22/h1-9,12-14H,10-11H2,(H,26,29). The molecule has 1 N–H and O–H groups in total. The average molecular weight is 416 g/mol. The van der Waals surface area contributed by atoms with Crippen molar-refractivity contribution in [2.45, 2.75) is 0 Å². The number of para-hydroxylation sites is 1. The molecule has 1 amide bonds. The minimum atomic E-state index is -0.536. The highest BCUT2D eigenvalue weighted by Gasteiger charge is 2.19. The summed E-state index contributed by atoms with van der Waals surface area (Å²) in [5, 5.41) is 3.73. The van der Waals surface area contributed by atoms with Crippen LogP contribution in [0.25, 0.3) is 22.3 Å². The van der Waals surface area contributed by atoms with Crippen molar-refractivity contribution >= 4 is 40.1 Å². The number of hydrogen-bond acceptors (Lipinski definition) is 5. The Morgan fingerprint density at radius 3 is 2.73 bits per heavy atom. The van der Waals surface area contributed by atoms with Crippen LogP contribution in [0.1, 0.15) is 10.4 Å². The van der Waals surface area contributed by atoms with E-state index in [1.165, 1.54) is 12.1 Å². The van der Waals surface area contributed by atoms with Crippen molar-refractivity contribution in [1.29, 1.82) is 0 Å². The Morgan fingerprint density at radius 1 is 1.07 bits per heavy atom. The monoisotopic (exact) mass is 416 g/mol. The average Bonchev–Trinajstić information content (AvgIpc) is 2.72. The van der Waals surface area contributed by atoms with Crippen LogP contribution in [0.5, 0.6) is 0 Å². The van der Waals surface area contributed by atoms with Gasteiger partial charge in [-0.05, 0) is 48.3 Å². The highest BCUT2D eigenvalue weighted by molar-refractivity contribution is 8.02. The van der Waals surface area contributed by atoms with Crippen LogP contribution >= 0.6 is 11.9 Å². The Hall–Kier alpha value is -3.45. The zero-order valence-corrected chi connectivity index (χ0v) is 16.7. The molecule has 5 rings (SSSR count). The molecule has 1 fully saturated rings. The Morgan fingerprint density at radius 2 is 1.93 bits per heavy atom. The van der Waals surface area contributed by atoms with Crippen LogP contribution in [0, 0.1) is 5.82 Å². The molecule has 30 heavy (non-hydrogen) atoms. The number of rotatable bonds is 4. The van der Waals surface area contributed by atoms with Crippen molar-refractivity contribution in [2.75, 3.05) is 21.9 Å². The summed E-state index contributed by atoms with van der Waals surface area (Å²) in [6.45, 7) is 0.888.